The van der Waals surface area contributed by atoms with E-state index in [1.165, 1.54) is 6.33 Å². The van der Waals surface area contributed by atoms with Crippen molar-refractivity contribution in [2.75, 3.05) is 0 Å². The maximum atomic E-state index is 10.8. The predicted molar refractivity (Wildman–Crippen MR) is 61.0 cm³/mol. The Balaban J connectivity index is 2.39. The number of rotatable bonds is 3. The standard InChI is InChI=1S/C8H6ClN5O2S/c1-13-3-5(2-12-13)17-8-6(14(15)16)7(9)10-4-11-8/h2-4H,1H3. The molecule has 0 amide bonds. The first-order valence-corrected chi connectivity index (χ1v) is 5.59. The van der Waals surface area contributed by atoms with E-state index < -0.39 is 4.92 Å². The van der Waals surface area contributed by atoms with Crippen molar-refractivity contribution < 1.29 is 4.92 Å². The van der Waals surface area contributed by atoms with Crippen molar-refractivity contribution in [2.45, 2.75) is 9.92 Å². The smallest absolute Gasteiger partial charge is 0.275 e. The SMILES string of the molecule is Cn1cc(Sc2ncnc(Cl)c2[N+](=O)[O-])cn1. The van der Waals surface area contributed by atoms with E-state index in [0.717, 1.165) is 16.7 Å². The van der Waals surface area contributed by atoms with Gasteiger partial charge in [-0.25, -0.2) is 9.97 Å². The van der Waals surface area contributed by atoms with Crippen molar-refractivity contribution in [3.8, 4) is 0 Å². The van der Waals surface area contributed by atoms with Gasteiger partial charge in [0.1, 0.15) is 6.33 Å². The van der Waals surface area contributed by atoms with Crippen molar-refractivity contribution in [3.05, 3.63) is 34.0 Å². The molecule has 2 rings (SSSR count). The number of aryl methyl sites for hydroxylation is 1. The molecule has 0 bridgehead atoms. The van der Waals surface area contributed by atoms with E-state index in [9.17, 15) is 10.1 Å². The summed E-state index contributed by atoms with van der Waals surface area (Å²) in [6, 6.07) is 0. The molecule has 0 unspecified atom stereocenters. The molecule has 7 nitrogen and oxygen atoms in total. The second-order valence-electron chi connectivity index (χ2n) is 3.03. The van der Waals surface area contributed by atoms with Crippen molar-refractivity contribution in [1.29, 1.82) is 0 Å². The number of hydrogen-bond donors (Lipinski definition) is 0. The molecule has 88 valence electrons. The van der Waals surface area contributed by atoms with Gasteiger partial charge < -0.3 is 0 Å². The molecular formula is C8H6ClN5O2S. The van der Waals surface area contributed by atoms with E-state index in [4.69, 9.17) is 11.6 Å². The van der Waals surface area contributed by atoms with Gasteiger partial charge in [0, 0.05) is 13.2 Å². The number of nitrogens with zero attached hydrogens (tertiary/aromatic N) is 5. The summed E-state index contributed by atoms with van der Waals surface area (Å²) in [7, 11) is 1.76. The third-order valence-corrected chi connectivity index (χ3v) is 3.04. The van der Waals surface area contributed by atoms with E-state index in [-0.39, 0.29) is 15.9 Å². The van der Waals surface area contributed by atoms with Gasteiger partial charge in [0.05, 0.1) is 16.0 Å². The van der Waals surface area contributed by atoms with Crippen LogP contribution in [-0.2, 0) is 7.05 Å². The molecular weight excluding hydrogens is 266 g/mol. The van der Waals surface area contributed by atoms with Crippen LogP contribution in [0.4, 0.5) is 5.69 Å². The number of halogens is 1. The summed E-state index contributed by atoms with van der Waals surface area (Å²) in [6.07, 6.45) is 4.50. The lowest BCUT2D eigenvalue weighted by Crippen LogP contribution is -1.96. The first-order valence-electron chi connectivity index (χ1n) is 4.39. The van der Waals surface area contributed by atoms with E-state index in [1.54, 1.807) is 24.1 Å². The van der Waals surface area contributed by atoms with Crippen molar-refractivity contribution in [3.63, 3.8) is 0 Å². The average Bonchev–Trinajstić information content (AvgIpc) is 2.63. The molecule has 9 heteroatoms. The predicted octanol–water partition coefficient (Wildman–Crippen LogP) is 1.92. The van der Waals surface area contributed by atoms with Gasteiger partial charge >= 0.3 is 5.69 Å². The van der Waals surface area contributed by atoms with Crippen LogP contribution in [0.1, 0.15) is 0 Å². The molecule has 0 aliphatic rings. The summed E-state index contributed by atoms with van der Waals surface area (Å²) in [5.41, 5.74) is -0.289. The quantitative estimate of drug-likeness (QED) is 0.481. The Morgan fingerprint density at radius 3 is 2.88 bits per heavy atom. The molecule has 0 aromatic carbocycles. The minimum atomic E-state index is -0.596. The Kier molecular flexibility index (Phi) is 3.25. The topological polar surface area (TPSA) is 86.7 Å². The van der Waals surface area contributed by atoms with Crippen LogP contribution >= 0.6 is 23.4 Å². The van der Waals surface area contributed by atoms with Gasteiger partial charge in [0.25, 0.3) is 0 Å². The zero-order chi connectivity index (χ0) is 12.4. The molecule has 0 saturated heterocycles. The highest BCUT2D eigenvalue weighted by molar-refractivity contribution is 7.99. The number of hydrogen-bond acceptors (Lipinski definition) is 6. The summed E-state index contributed by atoms with van der Waals surface area (Å²) in [6.45, 7) is 0. The lowest BCUT2D eigenvalue weighted by Gasteiger charge is -1.99. The summed E-state index contributed by atoms with van der Waals surface area (Å²) in [5, 5.41) is 14.8. The highest BCUT2D eigenvalue weighted by Gasteiger charge is 2.22. The van der Waals surface area contributed by atoms with Crippen LogP contribution in [-0.4, -0.2) is 24.7 Å². The summed E-state index contributed by atoms with van der Waals surface area (Å²) in [5.74, 6) is 0. The van der Waals surface area contributed by atoms with Crippen LogP contribution in [0.5, 0.6) is 0 Å². The monoisotopic (exact) mass is 271 g/mol. The second-order valence-corrected chi connectivity index (χ2v) is 4.45. The van der Waals surface area contributed by atoms with E-state index >= 15 is 0 Å². The fourth-order valence-electron chi connectivity index (χ4n) is 1.13. The van der Waals surface area contributed by atoms with Gasteiger partial charge in [-0.1, -0.05) is 23.4 Å². The lowest BCUT2D eigenvalue weighted by molar-refractivity contribution is -0.388. The van der Waals surface area contributed by atoms with E-state index in [1.807, 2.05) is 0 Å². The maximum Gasteiger partial charge on any atom is 0.338 e. The van der Waals surface area contributed by atoms with Crippen LogP contribution in [0.2, 0.25) is 5.15 Å². The van der Waals surface area contributed by atoms with E-state index in [2.05, 4.69) is 15.1 Å². The Bertz CT molecular complexity index is 573. The fraction of sp³-hybridized carbons (Fsp3) is 0.125. The van der Waals surface area contributed by atoms with Gasteiger partial charge in [-0.3, -0.25) is 14.8 Å². The Hall–Kier alpha value is -1.67. The van der Waals surface area contributed by atoms with Gasteiger partial charge in [0.15, 0.2) is 5.03 Å². The molecule has 0 saturated carbocycles. The first-order chi connectivity index (χ1) is 8.08. The molecule has 2 heterocycles. The zero-order valence-corrected chi connectivity index (χ0v) is 10.1. The Morgan fingerprint density at radius 2 is 2.29 bits per heavy atom. The van der Waals surface area contributed by atoms with E-state index in [0.29, 0.717) is 0 Å². The summed E-state index contributed by atoms with van der Waals surface area (Å²) < 4.78 is 1.59. The third-order valence-electron chi connectivity index (χ3n) is 1.82. The zero-order valence-electron chi connectivity index (χ0n) is 8.57. The average molecular weight is 272 g/mol. The number of aromatic nitrogens is 4. The molecule has 0 fully saturated rings. The van der Waals surface area contributed by atoms with Crippen molar-refractivity contribution in [1.82, 2.24) is 19.7 Å². The molecule has 0 aliphatic carbocycles. The van der Waals surface area contributed by atoms with Crippen molar-refractivity contribution in [2.24, 2.45) is 7.05 Å². The van der Waals surface area contributed by atoms with Crippen LogP contribution in [0.3, 0.4) is 0 Å². The number of nitro groups is 1. The van der Waals surface area contributed by atoms with Gasteiger partial charge in [-0.2, -0.15) is 5.10 Å². The molecule has 0 N–H and O–H groups in total. The molecule has 0 radical (unpaired) electrons. The Labute approximate surface area is 105 Å². The van der Waals surface area contributed by atoms with Gasteiger partial charge in [-0.15, -0.1) is 0 Å². The Morgan fingerprint density at radius 1 is 1.53 bits per heavy atom. The molecule has 2 aromatic heterocycles. The summed E-state index contributed by atoms with van der Waals surface area (Å²) >= 11 is 6.79. The van der Waals surface area contributed by atoms with Crippen LogP contribution in [0.15, 0.2) is 28.6 Å². The largest absolute Gasteiger partial charge is 0.338 e. The van der Waals surface area contributed by atoms with Crippen LogP contribution in [0.25, 0.3) is 0 Å². The first kappa shape index (κ1) is 11.8. The highest BCUT2D eigenvalue weighted by Crippen LogP contribution is 2.35. The minimum Gasteiger partial charge on any atom is -0.275 e. The second kappa shape index (κ2) is 4.68. The maximum absolute atomic E-state index is 10.8. The third kappa shape index (κ3) is 2.53. The van der Waals surface area contributed by atoms with Gasteiger partial charge in [0.2, 0.25) is 5.15 Å². The molecule has 0 spiro atoms. The fourth-order valence-corrected chi connectivity index (χ4v) is 2.29. The highest BCUT2D eigenvalue weighted by atomic mass is 35.5. The van der Waals surface area contributed by atoms with Crippen LogP contribution < -0.4 is 0 Å². The van der Waals surface area contributed by atoms with Crippen LogP contribution in [0, 0.1) is 10.1 Å². The molecule has 2 aromatic rings. The van der Waals surface area contributed by atoms with Gasteiger partial charge in [-0.05, 0) is 0 Å². The minimum absolute atomic E-state index is 0.170. The van der Waals surface area contributed by atoms with Crippen molar-refractivity contribution >= 4 is 29.1 Å². The normalized spacial score (nSPS) is 10.5. The molecule has 0 aliphatic heterocycles. The lowest BCUT2D eigenvalue weighted by atomic mass is 10.5. The summed E-state index contributed by atoms with van der Waals surface area (Å²) in [4.78, 5) is 18.4. The molecule has 17 heavy (non-hydrogen) atoms. The molecule has 0 atom stereocenters.